The largest absolute Gasteiger partial charge is 0.369 e. The third-order valence-corrected chi connectivity index (χ3v) is 5.25. The first kappa shape index (κ1) is 14.3. The van der Waals surface area contributed by atoms with Crippen molar-refractivity contribution in [3.63, 3.8) is 0 Å². The Kier molecular flexibility index (Phi) is 4.42. The van der Waals surface area contributed by atoms with Gasteiger partial charge in [-0.3, -0.25) is 0 Å². The second-order valence-electron chi connectivity index (χ2n) is 4.99. The zero-order chi connectivity index (χ0) is 13.9. The Morgan fingerprint density at radius 3 is 3.00 bits per heavy atom. The molecule has 0 saturated carbocycles. The van der Waals surface area contributed by atoms with Gasteiger partial charge in [0.2, 0.25) is 10.0 Å². The summed E-state index contributed by atoms with van der Waals surface area (Å²) in [5.74, 6) is 0.867. The van der Waals surface area contributed by atoms with Gasteiger partial charge in [0.05, 0.1) is 0 Å². The number of aromatic nitrogens is 1. The number of hydrogen-bond donors (Lipinski definition) is 1. The Morgan fingerprint density at radius 1 is 1.53 bits per heavy atom. The molecule has 5 nitrogen and oxygen atoms in total. The van der Waals surface area contributed by atoms with Gasteiger partial charge in [0.25, 0.3) is 0 Å². The Labute approximate surface area is 115 Å². The molecule has 19 heavy (non-hydrogen) atoms. The van der Waals surface area contributed by atoms with Gasteiger partial charge in [0.15, 0.2) is 0 Å². The van der Waals surface area contributed by atoms with Crippen LogP contribution in [0.5, 0.6) is 0 Å². The summed E-state index contributed by atoms with van der Waals surface area (Å²) in [7, 11) is -3.44. The third-order valence-electron chi connectivity index (χ3n) is 3.35. The van der Waals surface area contributed by atoms with Crippen LogP contribution < -0.4 is 5.32 Å². The summed E-state index contributed by atoms with van der Waals surface area (Å²) in [5, 5.41) is 3.02. The summed E-state index contributed by atoms with van der Waals surface area (Å²) >= 11 is 0. The molecule has 0 spiro atoms. The number of hydrogen-bond acceptors (Lipinski definition) is 4. The molecule has 1 N–H and O–H groups in total. The fourth-order valence-corrected chi connectivity index (χ4v) is 4.12. The van der Waals surface area contributed by atoms with Crippen molar-refractivity contribution in [2.75, 3.05) is 25.0 Å². The molecular formula is C13H21N3O2S. The van der Waals surface area contributed by atoms with E-state index in [4.69, 9.17) is 0 Å². The molecule has 0 aromatic carbocycles. The average molecular weight is 283 g/mol. The van der Waals surface area contributed by atoms with Gasteiger partial charge in [0.1, 0.15) is 10.7 Å². The van der Waals surface area contributed by atoms with Crippen molar-refractivity contribution < 1.29 is 8.42 Å². The van der Waals surface area contributed by atoms with Crippen molar-refractivity contribution in [3.05, 3.63) is 18.3 Å². The molecule has 2 heterocycles. The van der Waals surface area contributed by atoms with Gasteiger partial charge in [-0.2, -0.15) is 4.31 Å². The smallest absolute Gasteiger partial charge is 0.246 e. The first-order chi connectivity index (χ1) is 9.05. The highest BCUT2D eigenvalue weighted by molar-refractivity contribution is 7.89. The highest BCUT2D eigenvalue weighted by Gasteiger charge is 2.30. The number of rotatable bonds is 4. The van der Waals surface area contributed by atoms with Crippen molar-refractivity contribution in [3.8, 4) is 0 Å². The molecule has 1 unspecified atom stereocenters. The third kappa shape index (κ3) is 3.06. The molecule has 106 valence electrons. The van der Waals surface area contributed by atoms with Crippen LogP contribution in [0.3, 0.4) is 0 Å². The number of nitrogens with zero attached hydrogens (tertiary/aromatic N) is 2. The lowest BCUT2D eigenvalue weighted by Gasteiger charge is -2.30. The topological polar surface area (TPSA) is 62.3 Å². The van der Waals surface area contributed by atoms with Crippen LogP contribution >= 0.6 is 0 Å². The van der Waals surface area contributed by atoms with Crippen LogP contribution in [0.2, 0.25) is 0 Å². The second-order valence-corrected chi connectivity index (χ2v) is 6.90. The van der Waals surface area contributed by atoms with Crippen LogP contribution in [0.25, 0.3) is 0 Å². The van der Waals surface area contributed by atoms with Crippen LogP contribution in [0.4, 0.5) is 5.82 Å². The maximum Gasteiger partial charge on any atom is 0.246 e. The number of sulfonamides is 1. The van der Waals surface area contributed by atoms with Crippen molar-refractivity contribution in [1.29, 1.82) is 0 Å². The van der Waals surface area contributed by atoms with Gasteiger partial charge in [-0.25, -0.2) is 13.4 Å². The van der Waals surface area contributed by atoms with Gasteiger partial charge < -0.3 is 5.32 Å². The fourth-order valence-electron chi connectivity index (χ4n) is 2.40. The molecule has 0 aliphatic carbocycles. The molecular weight excluding hydrogens is 262 g/mol. The maximum atomic E-state index is 12.7. The highest BCUT2D eigenvalue weighted by Crippen LogP contribution is 2.26. The van der Waals surface area contributed by atoms with E-state index in [1.165, 1.54) is 0 Å². The maximum absolute atomic E-state index is 12.7. The van der Waals surface area contributed by atoms with E-state index in [0.29, 0.717) is 31.4 Å². The summed E-state index contributed by atoms with van der Waals surface area (Å²) in [4.78, 5) is 4.41. The second kappa shape index (κ2) is 5.88. The quantitative estimate of drug-likeness (QED) is 0.917. The molecule has 0 bridgehead atoms. The predicted molar refractivity (Wildman–Crippen MR) is 75.6 cm³/mol. The lowest BCUT2D eigenvalue weighted by atomic mass is 10.0. The minimum absolute atomic E-state index is 0.283. The molecule has 1 aromatic rings. The molecule has 1 aliphatic rings. The minimum atomic E-state index is -3.44. The lowest BCUT2D eigenvalue weighted by molar-refractivity contribution is 0.281. The van der Waals surface area contributed by atoms with E-state index in [9.17, 15) is 8.42 Å². The number of nitrogens with one attached hydrogen (secondary N) is 1. The summed E-state index contributed by atoms with van der Waals surface area (Å²) < 4.78 is 26.9. The molecule has 1 atom stereocenters. The van der Waals surface area contributed by atoms with Crippen molar-refractivity contribution >= 4 is 15.8 Å². The molecule has 0 radical (unpaired) electrons. The monoisotopic (exact) mass is 283 g/mol. The van der Waals surface area contributed by atoms with Gasteiger partial charge in [-0.1, -0.05) is 6.92 Å². The van der Waals surface area contributed by atoms with Gasteiger partial charge >= 0.3 is 0 Å². The zero-order valence-electron chi connectivity index (χ0n) is 11.5. The Bertz CT molecular complexity index is 530. The SMILES string of the molecule is CCNc1ncccc1S(=O)(=O)N1CCCC(C)C1. The van der Waals surface area contributed by atoms with Crippen molar-refractivity contribution in [1.82, 2.24) is 9.29 Å². The van der Waals surface area contributed by atoms with E-state index < -0.39 is 10.0 Å². The van der Waals surface area contributed by atoms with Crippen LogP contribution in [0.15, 0.2) is 23.2 Å². The van der Waals surface area contributed by atoms with E-state index in [1.807, 2.05) is 6.92 Å². The minimum Gasteiger partial charge on any atom is -0.369 e. The average Bonchev–Trinajstić information content (AvgIpc) is 2.39. The number of anilines is 1. The molecule has 6 heteroatoms. The Balaban J connectivity index is 2.33. The molecule has 1 fully saturated rings. The fraction of sp³-hybridized carbons (Fsp3) is 0.615. The van der Waals surface area contributed by atoms with Crippen LogP contribution in [0.1, 0.15) is 26.7 Å². The van der Waals surface area contributed by atoms with E-state index in [0.717, 1.165) is 12.8 Å². The molecule has 0 amide bonds. The summed E-state index contributed by atoms with van der Waals surface area (Å²) in [6.07, 6.45) is 3.63. The van der Waals surface area contributed by atoms with Gasteiger partial charge in [-0.05, 0) is 37.8 Å². The van der Waals surface area contributed by atoms with Crippen LogP contribution in [-0.4, -0.2) is 37.3 Å². The number of pyridine rings is 1. The van der Waals surface area contributed by atoms with Crippen molar-refractivity contribution in [2.24, 2.45) is 5.92 Å². The van der Waals surface area contributed by atoms with Gasteiger partial charge in [0, 0.05) is 25.8 Å². The first-order valence-corrected chi connectivity index (χ1v) is 8.18. The standard InChI is InChI=1S/C13H21N3O2S/c1-3-14-13-12(7-4-8-15-13)19(17,18)16-9-5-6-11(2)10-16/h4,7-8,11H,3,5-6,9-10H2,1-2H3,(H,14,15). The Hall–Kier alpha value is -1.14. The van der Waals surface area contributed by atoms with E-state index in [1.54, 1.807) is 22.6 Å². The summed E-state index contributed by atoms with van der Waals surface area (Å²) in [6, 6.07) is 3.29. The van der Waals surface area contributed by atoms with Crippen LogP contribution in [0, 0.1) is 5.92 Å². The first-order valence-electron chi connectivity index (χ1n) is 6.74. The van der Waals surface area contributed by atoms with Gasteiger partial charge in [-0.15, -0.1) is 0 Å². The van der Waals surface area contributed by atoms with E-state index in [2.05, 4.69) is 17.2 Å². The number of piperidine rings is 1. The zero-order valence-corrected chi connectivity index (χ0v) is 12.3. The molecule has 1 saturated heterocycles. The summed E-state index contributed by atoms with van der Waals surface area (Å²) in [5.41, 5.74) is 0. The van der Waals surface area contributed by atoms with E-state index in [-0.39, 0.29) is 4.90 Å². The van der Waals surface area contributed by atoms with Crippen molar-refractivity contribution in [2.45, 2.75) is 31.6 Å². The Morgan fingerprint density at radius 2 is 2.32 bits per heavy atom. The molecule has 1 aliphatic heterocycles. The highest BCUT2D eigenvalue weighted by atomic mass is 32.2. The van der Waals surface area contributed by atoms with E-state index >= 15 is 0 Å². The normalized spacial score (nSPS) is 21.3. The summed E-state index contributed by atoms with van der Waals surface area (Å²) in [6.45, 7) is 5.87. The van der Waals surface area contributed by atoms with Crippen LogP contribution in [-0.2, 0) is 10.0 Å². The lowest BCUT2D eigenvalue weighted by Crippen LogP contribution is -2.39. The molecule has 1 aromatic heterocycles. The predicted octanol–water partition coefficient (Wildman–Crippen LogP) is 1.93. The molecule has 2 rings (SSSR count).